The number of aromatic hydroxyl groups is 1. The normalized spacial score (nSPS) is 24.7. The summed E-state index contributed by atoms with van der Waals surface area (Å²) in [5.41, 5.74) is 19.1. The number of carbonyl (C=O) groups excluding carboxylic acids is 17. The number of rotatable bonds is 26. The van der Waals surface area contributed by atoms with E-state index < -0.39 is 241 Å². The standard InChI is InChI=1S/C90H125N23O21S2/c1-9-10-21-68-82(126)101-59(20-15-29-96-90(93)94)78(122)108-67(77(121)98-41-74(92)118)45-135-46-75(119)100-63(33-50-24-26-54(115)27-25-50)85(129)109(5)49(4)76(120)104-65(38-73(91)117)87(131)112-30-16-22-69(112)83(127)103-61(36-53-40-95-47-99-53)80(124)105-62(32-48(2)3)88(132)113-42-55(116)37-71(113)84(128)102-60(34-51-39-97-58-19-13-11-17-56(51)58)79(123)107-66(43-114)81(125)106-64(35-52-44-136-72-23-14-12-18-57(52)72)86(130)111(7)70(28-31-134-8)89(133)110(68)6/h11-14,17-19,23-27,39-40,44,47-49,55,59-71,97,114-116H,9-10,15-16,20-22,28-38,41-43,45-46H2,1-8H3,(H2,91,117)(H2,92,118)(H,95,99)(H,98,121)(H,100,119)(H,101,126)(H,102,128)(H,103,127)(H,104,120)(H,105,124)(H,106,125)(H,107,123)(H,108,122)(H4,93,94,96)/t49-,55+,59-,60-,61-,62-,63-,64-,65-,66-,67-,68-,69-,70-,71-/m0/s1. The number of ether oxygens (including phenoxy) is 1. The number of nitrogens with zero attached hydrogens (tertiary/aromatic N) is 6. The third-order valence-corrected chi connectivity index (χ3v) is 26.0. The van der Waals surface area contributed by atoms with Crippen molar-refractivity contribution in [2.45, 2.75) is 215 Å². The van der Waals surface area contributed by atoms with Gasteiger partial charge >= 0.3 is 0 Å². The predicted molar refractivity (Wildman–Crippen MR) is 500 cm³/mol. The summed E-state index contributed by atoms with van der Waals surface area (Å²) in [5.74, 6) is -18.3. The van der Waals surface area contributed by atoms with Gasteiger partial charge in [-0.1, -0.05) is 82.1 Å². The van der Waals surface area contributed by atoms with Gasteiger partial charge in [0.15, 0.2) is 5.96 Å². The number of amides is 17. The van der Waals surface area contributed by atoms with E-state index >= 15 is 38.4 Å². The van der Waals surface area contributed by atoms with Gasteiger partial charge in [-0.15, -0.1) is 23.1 Å². The minimum Gasteiger partial charge on any atom is -0.508 e. The molecule has 6 aromatic rings. The summed E-state index contributed by atoms with van der Waals surface area (Å²) in [6.07, 6.45) is 0.869. The lowest BCUT2D eigenvalue weighted by atomic mass is 10.0. The number of aromatic amines is 2. The van der Waals surface area contributed by atoms with Crippen LogP contribution in [0.3, 0.4) is 0 Å². The van der Waals surface area contributed by atoms with E-state index in [-0.39, 0.29) is 102 Å². The summed E-state index contributed by atoms with van der Waals surface area (Å²) in [5, 5.41) is 72.8. The number of imidazole rings is 1. The molecule has 738 valence electrons. The number of benzene rings is 3. The third-order valence-electron chi connectivity index (χ3n) is 24.0. The number of thioether (sulfide) groups is 1. The maximum absolute atomic E-state index is 15.7. The fourth-order valence-electron chi connectivity index (χ4n) is 16.5. The number of hydrogen-bond acceptors (Lipinski definition) is 25. The van der Waals surface area contributed by atoms with E-state index in [4.69, 9.17) is 27.3 Å². The van der Waals surface area contributed by atoms with Crippen LogP contribution in [0, 0.1) is 11.3 Å². The SMILES string of the molecule is CCCC[C@H]1C(=O)N[C@@H](CCCNC(=N)N)C(=O)N[C@H](C(=O)NCC(N)=O)CSCC(=O)N[C@@H](Cc2ccc(O)cc2)C(=O)N(C)[C@@H](C)C(=O)N[C@@H](CC(N)=O)C(=O)N2CCC[C@H]2C(=O)N[C@@H](Cc2cnc[nH]2)C(=O)N[C@@H](CC(C)C)C(=O)N2C[C@H](O)C[C@H]2C(=O)N[C@@H](Cc2c[nH]c3ccccc23)C(=O)N[C@@H](CO)C(=O)N[C@@H](Cc2csc3ccccc23)C(=O)N(C)[C@@H](CCOC)C(=O)N1C. The number of nitrogens with one attached hydrogen (secondary N) is 14. The first-order valence-electron chi connectivity index (χ1n) is 45.0. The van der Waals surface area contributed by atoms with Crippen molar-refractivity contribution < 1.29 is 102 Å². The van der Waals surface area contributed by atoms with Crippen LogP contribution in [0.4, 0.5) is 0 Å². The van der Waals surface area contributed by atoms with Gasteiger partial charge in [0.2, 0.25) is 100 Å². The number of likely N-dealkylation sites (N-methyl/N-ethyl adjacent to an activating group) is 3. The number of carbonyl (C=O) groups is 17. The molecule has 23 N–H and O–H groups in total. The summed E-state index contributed by atoms with van der Waals surface area (Å²) < 4.78 is 6.30. The van der Waals surface area contributed by atoms with Crippen LogP contribution in [0.2, 0.25) is 0 Å². The second-order valence-electron chi connectivity index (χ2n) is 34.5. The van der Waals surface area contributed by atoms with E-state index in [1.165, 1.54) is 83.3 Å². The summed E-state index contributed by atoms with van der Waals surface area (Å²) in [4.78, 5) is 266. The van der Waals surface area contributed by atoms with Crippen molar-refractivity contribution in [2.75, 3.05) is 79.2 Å². The van der Waals surface area contributed by atoms with Crippen LogP contribution in [0.15, 0.2) is 96.9 Å². The van der Waals surface area contributed by atoms with E-state index in [1.807, 2.05) is 13.0 Å². The Morgan fingerprint density at radius 2 is 1.21 bits per heavy atom. The Bertz CT molecular complexity index is 5250. The van der Waals surface area contributed by atoms with Crippen molar-refractivity contribution >= 4 is 150 Å². The van der Waals surface area contributed by atoms with Gasteiger partial charge in [-0.2, -0.15) is 0 Å². The van der Waals surface area contributed by atoms with Crippen LogP contribution < -0.4 is 75.7 Å². The van der Waals surface area contributed by atoms with Crippen LogP contribution in [0.1, 0.15) is 121 Å². The van der Waals surface area contributed by atoms with Gasteiger partial charge in [-0.25, -0.2) is 4.98 Å². The van der Waals surface area contributed by atoms with Gasteiger partial charge in [0.1, 0.15) is 90.3 Å². The van der Waals surface area contributed by atoms with E-state index in [2.05, 4.69) is 73.4 Å². The number of aliphatic hydroxyl groups is 2. The first-order valence-corrected chi connectivity index (χ1v) is 47.0. The molecular weight excluding hydrogens is 1800 g/mol. The molecule has 0 aliphatic carbocycles. The van der Waals surface area contributed by atoms with E-state index in [0.29, 0.717) is 51.5 Å². The van der Waals surface area contributed by atoms with Crippen molar-refractivity contribution in [1.82, 2.24) is 97.9 Å². The molecule has 3 saturated heterocycles. The molecular formula is C90H125N23O21S2. The van der Waals surface area contributed by atoms with Crippen molar-refractivity contribution in [3.8, 4) is 5.75 Å². The Kier molecular flexibility index (Phi) is 39.8. The molecule has 17 amide bonds. The summed E-state index contributed by atoms with van der Waals surface area (Å²) >= 11 is 2.08. The number of fused-ring (bicyclic) bond motifs is 4. The topological polar surface area (TPSA) is 655 Å². The zero-order valence-electron chi connectivity index (χ0n) is 77.2. The molecule has 3 aliphatic heterocycles. The number of thiophene rings is 1. The second-order valence-corrected chi connectivity index (χ2v) is 36.5. The molecule has 6 heterocycles. The van der Waals surface area contributed by atoms with Crippen LogP contribution >= 0.6 is 23.1 Å². The molecule has 3 aromatic heterocycles. The van der Waals surface area contributed by atoms with Crippen LogP contribution in [0.25, 0.3) is 21.0 Å². The van der Waals surface area contributed by atoms with Crippen molar-refractivity contribution in [3.05, 3.63) is 119 Å². The first-order chi connectivity index (χ1) is 64.8. The Labute approximate surface area is 793 Å². The van der Waals surface area contributed by atoms with Gasteiger partial charge in [-0.3, -0.25) is 86.9 Å². The van der Waals surface area contributed by atoms with Gasteiger partial charge in [0, 0.05) is 132 Å². The molecule has 0 spiro atoms. The summed E-state index contributed by atoms with van der Waals surface area (Å²) in [7, 11) is 5.16. The molecule has 0 unspecified atom stereocenters. The zero-order valence-corrected chi connectivity index (χ0v) is 78.8. The number of methoxy groups -OCH3 is 1. The zero-order chi connectivity index (χ0) is 99.3. The quantitative estimate of drug-likeness (QED) is 0.0143. The summed E-state index contributed by atoms with van der Waals surface area (Å²) in [6.45, 7) is 3.94. The predicted octanol–water partition coefficient (Wildman–Crippen LogP) is -3.35. The molecule has 3 aliphatic rings. The number of unbranched alkanes of at least 4 members (excludes halogenated alkanes) is 1. The van der Waals surface area contributed by atoms with Crippen molar-refractivity contribution in [3.63, 3.8) is 0 Å². The molecule has 46 heteroatoms. The molecule has 0 radical (unpaired) electrons. The number of aliphatic hydroxyl groups excluding tert-OH is 2. The van der Waals surface area contributed by atoms with Crippen molar-refractivity contribution in [1.29, 1.82) is 5.41 Å². The Balaban J connectivity index is 1.10. The minimum atomic E-state index is -1.90. The number of guanidine groups is 1. The average molecular weight is 1930 g/mol. The third kappa shape index (κ3) is 29.6. The molecule has 44 nitrogen and oxygen atoms in total. The van der Waals surface area contributed by atoms with Crippen molar-refractivity contribution in [2.24, 2.45) is 23.1 Å². The van der Waals surface area contributed by atoms with Gasteiger partial charge in [0.25, 0.3) is 0 Å². The maximum Gasteiger partial charge on any atom is 0.246 e. The fraction of sp³-hybridized carbons (Fsp3) is 0.522. The molecule has 15 atom stereocenters. The molecule has 9 rings (SSSR count). The lowest BCUT2D eigenvalue weighted by Gasteiger charge is -2.36. The number of phenols is 1. The number of para-hydroxylation sites is 1. The number of phenolic OH excluding ortho intramolecular Hbond substituents is 1. The molecule has 136 heavy (non-hydrogen) atoms. The lowest BCUT2D eigenvalue weighted by molar-refractivity contribution is -0.150. The highest BCUT2D eigenvalue weighted by atomic mass is 32.2. The van der Waals surface area contributed by atoms with Crippen LogP contribution in [-0.4, -0.2) is 331 Å². The Morgan fingerprint density at radius 1 is 0.603 bits per heavy atom. The second kappa shape index (κ2) is 50.8. The first kappa shape index (κ1) is 106. The van der Waals surface area contributed by atoms with E-state index in [1.54, 1.807) is 67.9 Å². The highest BCUT2D eigenvalue weighted by molar-refractivity contribution is 8.00. The number of hydrogen-bond donors (Lipinski definition) is 20. The maximum atomic E-state index is 15.7. The minimum absolute atomic E-state index is 0.0213. The van der Waals surface area contributed by atoms with Gasteiger partial charge in [-0.05, 0) is 103 Å². The largest absolute Gasteiger partial charge is 0.508 e. The van der Waals surface area contributed by atoms with Gasteiger partial charge in [0.05, 0.1) is 37.8 Å². The fourth-order valence-corrected chi connectivity index (χ4v) is 18.3. The number of aromatic nitrogens is 3. The van der Waals surface area contributed by atoms with Gasteiger partial charge < -0.3 is 130 Å². The Morgan fingerprint density at radius 3 is 1.87 bits per heavy atom. The highest BCUT2D eigenvalue weighted by Crippen LogP contribution is 2.30. The van der Waals surface area contributed by atoms with Crippen LogP contribution in [-0.2, 0) is 112 Å². The van der Waals surface area contributed by atoms with Crippen LogP contribution in [0.5, 0.6) is 5.75 Å². The highest BCUT2D eigenvalue weighted by Gasteiger charge is 2.47. The molecule has 3 fully saturated rings. The molecule has 0 bridgehead atoms. The average Bonchev–Trinajstić information content (AvgIpc) is 1.38. The lowest BCUT2D eigenvalue weighted by Crippen LogP contribution is -2.62. The number of H-pyrrole nitrogens is 2. The number of nitrogens with two attached hydrogens (primary N) is 3. The monoisotopic (exact) mass is 1930 g/mol. The molecule has 3 aromatic carbocycles. The Hall–Kier alpha value is -13.3. The molecule has 0 saturated carbocycles. The van der Waals surface area contributed by atoms with E-state index in [9.17, 15) is 58.5 Å². The summed E-state index contributed by atoms with van der Waals surface area (Å²) in [6, 6.07) is -2.41. The van der Waals surface area contributed by atoms with E-state index in [0.717, 1.165) is 41.0 Å². The number of primary amides is 2. The smallest absolute Gasteiger partial charge is 0.246 e.